The normalized spacial score (nSPS) is 17.1. The first-order valence-corrected chi connectivity index (χ1v) is 13.9. The van der Waals surface area contributed by atoms with Gasteiger partial charge in [-0.05, 0) is 43.0 Å². The van der Waals surface area contributed by atoms with E-state index in [1.54, 1.807) is 0 Å². The Hall–Kier alpha value is -2.86. The maximum Gasteiger partial charge on any atom is 0.253 e. The van der Waals surface area contributed by atoms with E-state index in [1.165, 1.54) is 24.8 Å². The average molecular weight is 491 g/mol. The van der Waals surface area contributed by atoms with Crippen LogP contribution in [0.15, 0.2) is 48.5 Å². The van der Waals surface area contributed by atoms with Crippen molar-refractivity contribution in [1.29, 1.82) is 0 Å². The van der Waals surface area contributed by atoms with Gasteiger partial charge in [0.25, 0.3) is 5.91 Å². The molecule has 2 N–H and O–H groups in total. The van der Waals surface area contributed by atoms with Crippen LogP contribution in [-0.4, -0.2) is 48.9 Å². The van der Waals surface area contributed by atoms with E-state index in [0.717, 1.165) is 70.5 Å². The largest absolute Gasteiger partial charge is 0.368 e. The van der Waals surface area contributed by atoms with Gasteiger partial charge in [-0.1, -0.05) is 69.4 Å². The van der Waals surface area contributed by atoms with Crippen LogP contribution in [0, 0.1) is 0 Å². The van der Waals surface area contributed by atoms with Crippen LogP contribution in [0.5, 0.6) is 0 Å². The SMILES string of the molecule is CCCCCC(=O)Nc1ccc(N2CCN(Cc3ccccc3)CC2)c(C(=O)NC2CCCCC2)c1. The first kappa shape index (κ1) is 26.2. The summed E-state index contributed by atoms with van der Waals surface area (Å²) < 4.78 is 0. The minimum atomic E-state index is -0.0225. The lowest BCUT2D eigenvalue weighted by atomic mass is 9.95. The van der Waals surface area contributed by atoms with Crippen LogP contribution in [-0.2, 0) is 11.3 Å². The van der Waals surface area contributed by atoms with Gasteiger partial charge in [0, 0.05) is 56.6 Å². The monoisotopic (exact) mass is 490 g/mol. The summed E-state index contributed by atoms with van der Waals surface area (Å²) in [5, 5.41) is 6.31. The second-order valence-electron chi connectivity index (χ2n) is 10.3. The van der Waals surface area contributed by atoms with E-state index >= 15 is 0 Å². The van der Waals surface area contributed by atoms with E-state index in [1.807, 2.05) is 18.2 Å². The Kier molecular flexibility index (Phi) is 9.79. The lowest BCUT2D eigenvalue weighted by Gasteiger charge is -2.37. The standard InChI is InChI=1S/C30H42N4O2/c1-2-3-6-15-29(35)31-26-16-17-28(27(22-26)30(36)32-25-13-9-5-10-14-25)34-20-18-33(19-21-34)23-24-11-7-4-8-12-24/h4,7-8,11-12,16-17,22,25H,2-3,5-6,9-10,13-15,18-21,23H2,1H3,(H,31,35)(H,32,36). The van der Waals surface area contributed by atoms with Crippen LogP contribution >= 0.6 is 0 Å². The van der Waals surface area contributed by atoms with Gasteiger partial charge in [-0.15, -0.1) is 0 Å². The summed E-state index contributed by atoms with van der Waals surface area (Å²) in [5.41, 5.74) is 3.67. The van der Waals surface area contributed by atoms with Crippen LogP contribution in [0.2, 0.25) is 0 Å². The molecule has 6 nitrogen and oxygen atoms in total. The highest BCUT2D eigenvalue weighted by Crippen LogP contribution is 2.27. The third-order valence-corrected chi connectivity index (χ3v) is 7.43. The molecule has 2 aromatic carbocycles. The van der Waals surface area contributed by atoms with Crippen molar-refractivity contribution in [3.8, 4) is 0 Å². The zero-order valence-electron chi connectivity index (χ0n) is 21.8. The van der Waals surface area contributed by atoms with E-state index in [2.05, 4.69) is 57.7 Å². The minimum Gasteiger partial charge on any atom is -0.368 e. The second-order valence-corrected chi connectivity index (χ2v) is 10.3. The molecule has 6 heteroatoms. The third kappa shape index (κ3) is 7.57. The molecule has 0 unspecified atom stereocenters. The minimum absolute atomic E-state index is 0.0179. The van der Waals surface area contributed by atoms with Gasteiger partial charge in [-0.2, -0.15) is 0 Å². The molecular formula is C30H42N4O2. The van der Waals surface area contributed by atoms with Crippen molar-refractivity contribution in [3.63, 3.8) is 0 Å². The van der Waals surface area contributed by atoms with E-state index in [-0.39, 0.29) is 17.9 Å². The predicted molar refractivity (Wildman–Crippen MR) is 147 cm³/mol. The Bertz CT molecular complexity index is 980. The van der Waals surface area contributed by atoms with Crippen molar-refractivity contribution in [2.75, 3.05) is 36.4 Å². The van der Waals surface area contributed by atoms with Gasteiger partial charge >= 0.3 is 0 Å². The Morgan fingerprint density at radius 1 is 0.917 bits per heavy atom. The maximum absolute atomic E-state index is 13.5. The van der Waals surface area contributed by atoms with Gasteiger partial charge in [0.2, 0.25) is 5.91 Å². The smallest absolute Gasteiger partial charge is 0.253 e. The molecule has 1 aliphatic carbocycles. The molecule has 2 aromatic rings. The summed E-state index contributed by atoms with van der Waals surface area (Å²) in [6.45, 7) is 6.74. The molecule has 1 saturated heterocycles. The van der Waals surface area contributed by atoms with E-state index in [4.69, 9.17) is 0 Å². The third-order valence-electron chi connectivity index (χ3n) is 7.43. The van der Waals surface area contributed by atoms with Crippen LogP contribution in [0.3, 0.4) is 0 Å². The van der Waals surface area contributed by atoms with E-state index in [9.17, 15) is 9.59 Å². The first-order valence-electron chi connectivity index (χ1n) is 13.9. The van der Waals surface area contributed by atoms with Crippen molar-refractivity contribution < 1.29 is 9.59 Å². The number of unbranched alkanes of at least 4 members (excludes halogenated alkanes) is 2. The molecule has 4 rings (SSSR count). The molecule has 0 spiro atoms. The molecule has 0 aromatic heterocycles. The first-order chi connectivity index (χ1) is 17.6. The molecular weight excluding hydrogens is 448 g/mol. The Morgan fingerprint density at radius 2 is 1.67 bits per heavy atom. The Labute approximate surface area is 216 Å². The Morgan fingerprint density at radius 3 is 2.39 bits per heavy atom. The fraction of sp³-hybridized carbons (Fsp3) is 0.533. The molecule has 0 atom stereocenters. The molecule has 2 amide bonds. The van der Waals surface area contributed by atoms with Gasteiger partial charge in [-0.3, -0.25) is 14.5 Å². The molecule has 36 heavy (non-hydrogen) atoms. The molecule has 0 radical (unpaired) electrons. The average Bonchev–Trinajstić information content (AvgIpc) is 2.90. The molecule has 0 bridgehead atoms. The summed E-state index contributed by atoms with van der Waals surface area (Å²) in [7, 11) is 0. The van der Waals surface area contributed by atoms with Gasteiger partial charge in [0.05, 0.1) is 5.56 Å². The second kappa shape index (κ2) is 13.4. The van der Waals surface area contributed by atoms with E-state index < -0.39 is 0 Å². The number of carbonyl (C=O) groups is 2. The Balaban J connectivity index is 1.45. The summed E-state index contributed by atoms with van der Waals surface area (Å²) in [6.07, 6.45) is 9.25. The van der Waals surface area contributed by atoms with Gasteiger partial charge < -0.3 is 15.5 Å². The zero-order valence-corrected chi connectivity index (χ0v) is 21.8. The van der Waals surface area contributed by atoms with Crippen molar-refractivity contribution in [1.82, 2.24) is 10.2 Å². The number of hydrogen-bond acceptors (Lipinski definition) is 4. The van der Waals surface area contributed by atoms with Crippen LogP contribution in [0.1, 0.15) is 80.6 Å². The summed E-state index contributed by atoms with van der Waals surface area (Å²) >= 11 is 0. The molecule has 1 heterocycles. The van der Waals surface area contributed by atoms with Crippen LogP contribution in [0.25, 0.3) is 0 Å². The number of hydrogen-bond donors (Lipinski definition) is 2. The number of nitrogens with zero attached hydrogens (tertiary/aromatic N) is 2. The molecule has 1 aliphatic heterocycles. The molecule has 2 aliphatic rings. The highest BCUT2D eigenvalue weighted by atomic mass is 16.2. The van der Waals surface area contributed by atoms with Gasteiger partial charge in [-0.25, -0.2) is 0 Å². The zero-order chi connectivity index (χ0) is 25.2. The maximum atomic E-state index is 13.5. The number of anilines is 2. The fourth-order valence-electron chi connectivity index (χ4n) is 5.33. The van der Waals surface area contributed by atoms with Gasteiger partial charge in [0.15, 0.2) is 0 Å². The fourth-order valence-corrected chi connectivity index (χ4v) is 5.33. The quantitative estimate of drug-likeness (QED) is 0.426. The van der Waals surface area contributed by atoms with Crippen molar-refractivity contribution in [2.24, 2.45) is 0 Å². The summed E-state index contributed by atoms with van der Waals surface area (Å²) in [4.78, 5) is 30.7. The van der Waals surface area contributed by atoms with Gasteiger partial charge in [0.1, 0.15) is 0 Å². The lowest BCUT2D eigenvalue weighted by Crippen LogP contribution is -2.46. The molecule has 194 valence electrons. The predicted octanol–water partition coefficient (Wildman–Crippen LogP) is 5.59. The summed E-state index contributed by atoms with van der Waals surface area (Å²) in [5.74, 6) is -0.00457. The highest BCUT2D eigenvalue weighted by molar-refractivity contribution is 6.02. The number of piperazine rings is 1. The van der Waals surface area contributed by atoms with Crippen LogP contribution in [0.4, 0.5) is 11.4 Å². The highest BCUT2D eigenvalue weighted by Gasteiger charge is 2.24. The number of nitrogens with one attached hydrogen (secondary N) is 2. The van der Waals surface area contributed by atoms with Crippen LogP contribution < -0.4 is 15.5 Å². The number of carbonyl (C=O) groups excluding carboxylic acids is 2. The lowest BCUT2D eigenvalue weighted by molar-refractivity contribution is -0.116. The van der Waals surface area contributed by atoms with Crippen molar-refractivity contribution in [3.05, 3.63) is 59.7 Å². The molecule has 2 fully saturated rings. The number of amides is 2. The topological polar surface area (TPSA) is 64.7 Å². The number of rotatable bonds is 10. The summed E-state index contributed by atoms with van der Waals surface area (Å²) in [6, 6.07) is 16.7. The van der Waals surface area contributed by atoms with Crippen molar-refractivity contribution in [2.45, 2.75) is 77.3 Å². The van der Waals surface area contributed by atoms with Crippen molar-refractivity contribution >= 4 is 23.2 Å². The molecule has 1 saturated carbocycles. The van der Waals surface area contributed by atoms with E-state index in [0.29, 0.717) is 17.7 Å². The number of benzene rings is 2.